The van der Waals surface area contributed by atoms with E-state index in [0.717, 1.165) is 50.0 Å². The summed E-state index contributed by atoms with van der Waals surface area (Å²) in [4.78, 5) is 45.8. The van der Waals surface area contributed by atoms with Crippen LogP contribution in [0.15, 0.2) is 29.6 Å². The van der Waals surface area contributed by atoms with Gasteiger partial charge < -0.3 is 20.1 Å². The number of ketones is 1. The maximum Gasteiger partial charge on any atom is 0.408 e. The zero-order valence-corrected chi connectivity index (χ0v) is 22.0. The van der Waals surface area contributed by atoms with Crippen molar-refractivity contribution in [1.82, 2.24) is 15.2 Å². The van der Waals surface area contributed by atoms with Crippen LogP contribution in [0.25, 0.3) is 0 Å². The zero-order chi connectivity index (χ0) is 25.9. The third-order valence-corrected chi connectivity index (χ3v) is 7.71. The van der Waals surface area contributed by atoms with Crippen LogP contribution in [0.4, 0.5) is 4.79 Å². The number of hydrogen-bond donors (Lipinski definition) is 2. The van der Waals surface area contributed by atoms with Gasteiger partial charge in [0.05, 0.1) is 6.04 Å². The van der Waals surface area contributed by atoms with Crippen LogP contribution in [0.5, 0.6) is 5.75 Å². The van der Waals surface area contributed by atoms with E-state index in [1.54, 1.807) is 38.3 Å². The van der Waals surface area contributed by atoms with E-state index in [1.165, 1.54) is 23.5 Å². The van der Waals surface area contributed by atoms with E-state index in [4.69, 9.17) is 4.74 Å². The number of phenolic OH excluding ortho intramolecular Hbond substituents is 1. The van der Waals surface area contributed by atoms with Crippen molar-refractivity contribution in [1.29, 1.82) is 0 Å². The Hall–Kier alpha value is -2.94. The van der Waals surface area contributed by atoms with Crippen molar-refractivity contribution in [3.63, 3.8) is 0 Å². The number of alkyl carbamates (subject to hydrolysis) is 1. The van der Waals surface area contributed by atoms with Gasteiger partial charge in [0.15, 0.2) is 0 Å². The summed E-state index contributed by atoms with van der Waals surface area (Å²) in [5.41, 5.74) is 0.125. The van der Waals surface area contributed by atoms with Crippen LogP contribution in [-0.4, -0.2) is 51.0 Å². The summed E-state index contributed by atoms with van der Waals surface area (Å²) < 4.78 is 5.48. The molecular formula is C27H35N3O5S. The van der Waals surface area contributed by atoms with Crippen LogP contribution in [0, 0.1) is 5.92 Å². The number of aromatic hydroxyl groups is 1. The highest BCUT2D eigenvalue weighted by atomic mass is 32.1. The molecule has 0 unspecified atom stereocenters. The molecule has 36 heavy (non-hydrogen) atoms. The van der Waals surface area contributed by atoms with Crippen LogP contribution in [0.1, 0.15) is 92.8 Å². The molecule has 1 aromatic heterocycles. The number of benzene rings is 1. The number of hydrogen-bond acceptors (Lipinski definition) is 7. The average Bonchev–Trinajstić information content (AvgIpc) is 3.51. The van der Waals surface area contributed by atoms with Gasteiger partial charge in [-0.15, -0.1) is 11.3 Å². The zero-order valence-electron chi connectivity index (χ0n) is 21.2. The first kappa shape index (κ1) is 26.1. The summed E-state index contributed by atoms with van der Waals surface area (Å²) in [5.74, 6) is -0.155. The van der Waals surface area contributed by atoms with E-state index >= 15 is 0 Å². The number of aromatic nitrogens is 1. The molecule has 2 atom stereocenters. The largest absolute Gasteiger partial charge is 0.508 e. The van der Waals surface area contributed by atoms with E-state index < -0.39 is 17.7 Å². The third-order valence-electron chi connectivity index (χ3n) is 6.76. The van der Waals surface area contributed by atoms with Gasteiger partial charge in [-0.05, 0) is 76.6 Å². The Morgan fingerprint density at radius 1 is 1.08 bits per heavy atom. The summed E-state index contributed by atoms with van der Waals surface area (Å²) in [6.07, 6.45) is 6.05. The van der Waals surface area contributed by atoms with Crippen LogP contribution >= 0.6 is 11.3 Å². The highest BCUT2D eigenvalue weighted by Crippen LogP contribution is 2.36. The summed E-state index contributed by atoms with van der Waals surface area (Å²) in [5, 5.41) is 14.8. The van der Waals surface area contributed by atoms with E-state index in [0.29, 0.717) is 17.8 Å². The van der Waals surface area contributed by atoms with E-state index in [-0.39, 0.29) is 29.4 Å². The number of thiazole rings is 1. The van der Waals surface area contributed by atoms with Gasteiger partial charge in [-0.2, -0.15) is 0 Å². The Labute approximate surface area is 216 Å². The maximum atomic E-state index is 13.9. The number of carbonyl (C=O) groups is 3. The molecule has 0 spiro atoms. The predicted molar refractivity (Wildman–Crippen MR) is 137 cm³/mol. The fourth-order valence-electron chi connectivity index (χ4n) is 5.05. The van der Waals surface area contributed by atoms with Gasteiger partial charge in [-0.3, -0.25) is 9.59 Å². The van der Waals surface area contributed by atoms with Gasteiger partial charge >= 0.3 is 6.09 Å². The standard InChI is InChI=1S/C27H35N3O5S/c1-27(2,3)35-26(34)29-22(17-8-5-4-6-9-17)25(33)30-15-7-10-21(30)24-28-20(16-36-24)23(32)18-11-13-19(31)14-12-18/h11-14,16-17,21-22,31H,4-10,15H2,1-3H3,(H,29,34)/t21-,22-/m0/s1. The van der Waals surface area contributed by atoms with Crippen molar-refractivity contribution in [2.75, 3.05) is 6.54 Å². The molecule has 1 aliphatic heterocycles. The lowest BCUT2D eigenvalue weighted by molar-refractivity contribution is -0.136. The molecule has 2 amide bonds. The normalized spacial score (nSPS) is 19.6. The molecule has 194 valence electrons. The predicted octanol–water partition coefficient (Wildman–Crippen LogP) is 5.22. The fourth-order valence-corrected chi connectivity index (χ4v) is 6.00. The number of likely N-dealkylation sites (tertiary alicyclic amines) is 1. The maximum absolute atomic E-state index is 13.9. The molecule has 2 heterocycles. The molecular weight excluding hydrogens is 478 g/mol. The number of phenols is 1. The second kappa shape index (κ2) is 11.0. The van der Waals surface area contributed by atoms with Crippen LogP contribution in [0.3, 0.4) is 0 Å². The van der Waals surface area contributed by atoms with Crippen molar-refractivity contribution in [2.45, 2.75) is 83.4 Å². The molecule has 2 aliphatic rings. The van der Waals surface area contributed by atoms with Crippen LogP contribution in [0.2, 0.25) is 0 Å². The number of nitrogens with one attached hydrogen (secondary N) is 1. The van der Waals surface area contributed by atoms with Crippen molar-refractivity contribution >= 4 is 29.1 Å². The van der Waals surface area contributed by atoms with Crippen LogP contribution < -0.4 is 5.32 Å². The Bertz CT molecular complexity index is 1090. The topological polar surface area (TPSA) is 109 Å². The molecule has 1 saturated heterocycles. The Balaban J connectivity index is 1.52. The first-order chi connectivity index (χ1) is 17.1. The quantitative estimate of drug-likeness (QED) is 0.513. The minimum atomic E-state index is -0.651. The van der Waals surface area contributed by atoms with Crippen molar-refractivity contribution < 1.29 is 24.2 Å². The minimum absolute atomic E-state index is 0.0722. The second-order valence-corrected chi connectivity index (χ2v) is 11.5. The highest BCUT2D eigenvalue weighted by molar-refractivity contribution is 7.10. The lowest BCUT2D eigenvalue weighted by Gasteiger charge is -2.35. The van der Waals surface area contributed by atoms with Gasteiger partial charge in [-0.25, -0.2) is 9.78 Å². The average molecular weight is 514 g/mol. The van der Waals surface area contributed by atoms with E-state index in [1.807, 2.05) is 4.90 Å². The first-order valence-electron chi connectivity index (χ1n) is 12.7. The Morgan fingerprint density at radius 3 is 2.44 bits per heavy atom. The first-order valence-corrected chi connectivity index (χ1v) is 13.6. The molecule has 1 aliphatic carbocycles. The van der Waals surface area contributed by atoms with Gasteiger partial charge in [-0.1, -0.05) is 19.3 Å². The number of rotatable bonds is 6. The van der Waals surface area contributed by atoms with Gasteiger partial charge in [0.2, 0.25) is 11.7 Å². The molecule has 4 rings (SSSR count). The monoisotopic (exact) mass is 513 g/mol. The summed E-state index contributed by atoms with van der Waals surface area (Å²) >= 11 is 1.38. The number of carbonyl (C=O) groups excluding carboxylic acids is 3. The minimum Gasteiger partial charge on any atom is -0.508 e. The number of nitrogens with zero attached hydrogens (tertiary/aromatic N) is 2. The lowest BCUT2D eigenvalue weighted by atomic mass is 9.83. The molecule has 1 aromatic carbocycles. The summed E-state index contributed by atoms with van der Waals surface area (Å²) in [6, 6.07) is 5.22. The second-order valence-electron chi connectivity index (χ2n) is 10.7. The smallest absolute Gasteiger partial charge is 0.408 e. The summed E-state index contributed by atoms with van der Waals surface area (Å²) in [6.45, 7) is 6.00. The molecule has 0 radical (unpaired) electrons. The van der Waals surface area contributed by atoms with Gasteiger partial charge in [0.1, 0.15) is 28.1 Å². The van der Waals surface area contributed by atoms with Crippen molar-refractivity contribution in [3.05, 3.63) is 45.9 Å². The van der Waals surface area contributed by atoms with Crippen molar-refractivity contribution in [2.24, 2.45) is 5.92 Å². The fraction of sp³-hybridized carbons (Fsp3) is 0.556. The highest BCUT2D eigenvalue weighted by Gasteiger charge is 2.40. The van der Waals surface area contributed by atoms with Gasteiger partial charge in [0.25, 0.3) is 0 Å². The molecule has 8 nitrogen and oxygen atoms in total. The van der Waals surface area contributed by atoms with E-state index in [9.17, 15) is 19.5 Å². The van der Waals surface area contributed by atoms with Crippen molar-refractivity contribution in [3.8, 4) is 5.75 Å². The molecule has 2 aromatic rings. The lowest BCUT2D eigenvalue weighted by Crippen LogP contribution is -2.53. The third kappa shape index (κ3) is 6.24. The number of ether oxygens (including phenoxy) is 1. The van der Waals surface area contributed by atoms with E-state index in [2.05, 4.69) is 10.3 Å². The SMILES string of the molecule is CC(C)(C)OC(=O)N[C@H](C(=O)N1CCC[C@H]1c1nc(C(=O)c2ccc(O)cc2)cs1)C1CCCCC1. The van der Waals surface area contributed by atoms with Gasteiger partial charge in [0, 0.05) is 17.5 Å². The van der Waals surface area contributed by atoms with Crippen LogP contribution in [-0.2, 0) is 9.53 Å². The molecule has 2 fully saturated rings. The molecule has 9 heteroatoms. The molecule has 1 saturated carbocycles. The number of amides is 2. The Morgan fingerprint density at radius 2 is 1.78 bits per heavy atom. The molecule has 2 N–H and O–H groups in total. The Kier molecular flexibility index (Phi) is 7.97. The molecule has 0 bridgehead atoms. The summed E-state index contributed by atoms with van der Waals surface area (Å²) in [7, 11) is 0.